The van der Waals surface area contributed by atoms with E-state index in [9.17, 15) is 32.0 Å². The van der Waals surface area contributed by atoms with Crippen LogP contribution >= 0.6 is 0 Å². The number of pyridine rings is 1. The first kappa shape index (κ1) is 30.4. The molecule has 0 unspecified atom stereocenters. The highest BCUT2D eigenvalue weighted by Gasteiger charge is 2.40. The molecule has 0 spiro atoms. The average Bonchev–Trinajstić information content (AvgIpc) is 3.30. The van der Waals surface area contributed by atoms with Gasteiger partial charge in [-0.25, -0.2) is 8.78 Å². The zero-order valence-corrected chi connectivity index (χ0v) is 23.5. The third-order valence-electron chi connectivity index (χ3n) is 8.14. The molecular formula is C28H31F5N8O2. The molecule has 0 N–H and O–H groups in total. The number of rotatable bonds is 7. The maximum absolute atomic E-state index is 14.3. The summed E-state index contributed by atoms with van der Waals surface area (Å²) < 4.78 is 75.7. The van der Waals surface area contributed by atoms with E-state index in [1.807, 2.05) is 9.80 Å². The Labute approximate surface area is 245 Å². The molecule has 2 aromatic rings. The molecule has 3 atom stereocenters. The second kappa shape index (κ2) is 12.3. The number of piperazine rings is 1. The maximum Gasteiger partial charge on any atom is 0.421 e. The van der Waals surface area contributed by atoms with E-state index in [1.165, 1.54) is 11.0 Å². The standard InChI is InChI=1S/C28H31F5N8O2/c1-3-24(42)41-9-8-40(14-18(41)4-6-34)26-20-5-7-39(23-12-35-11-21(30)25(23)28(31,32)33)15-22(20)36-27(37-26)43-16-19-10-17(29)13-38(19)2/h3,11-12,17-19H,1,4-5,7-10,13-16H2,2H3/t17-,18+,19+/m1/s1. The van der Waals surface area contributed by atoms with Gasteiger partial charge in [-0.15, -0.1) is 0 Å². The van der Waals surface area contributed by atoms with Gasteiger partial charge in [0.05, 0.1) is 48.9 Å². The largest absolute Gasteiger partial charge is 0.462 e. The highest BCUT2D eigenvalue weighted by molar-refractivity contribution is 5.87. The van der Waals surface area contributed by atoms with Gasteiger partial charge < -0.3 is 19.4 Å². The van der Waals surface area contributed by atoms with Crippen molar-refractivity contribution in [1.29, 1.82) is 5.26 Å². The van der Waals surface area contributed by atoms with E-state index in [4.69, 9.17) is 4.74 Å². The Bertz CT molecular complexity index is 1420. The number of likely N-dealkylation sites (N-methyl/N-ethyl adjacent to an activating group) is 1. The molecule has 1 amide bonds. The van der Waals surface area contributed by atoms with E-state index in [2.05, 4.69) is 27.6 Å². The highest BCUT2D eigenvalue weighted by atomic mass is 19.4. The molecular weight excluding hydrogens is 575 g/mol. The number of amides is 1. The normalized spacial score (nSPS) is 22.7. The van der Waals surface area contributed by atoms with E-state index in [1.54, 1.807) is 11.9 Å². The van der Waals surface area contributed by atoms with E-state index in [0.717, 1.165) is 6.20 Å². The number of alkyl halides is 4. The van der Waals surface area contributed by atoms with Crippen LogP contribution in [0.4, 0.5) is 33.5 Å². The van der Waals surface area contributed by atoms with Crippen LogP contribution in [0, 0.1) is 17.1 Å². The van der Waals surface area contributed by atoms with Crippen LogP contribution in [-0.2, 0) is 23.9 Å². The lowest BCUT2D eigenvalue weighted by molar-refractivity contribution is -0.139. The smallest absolute Gasteiger partial charge is 0.421 e. The Kier molecular flexibility index (Phi) is 8.68. The third-order valence-corrected chi connectivity index (χ3v) is 8.14. The van der Waals surface area contributed by atoms with E-state index in [-0.39, 0.29) is 70.0 Å². The van der Waals surface area contributed by atoms with Crippen LogP contribution in [0.1, 0.15) is 29.7 Å². The number of nitrogens with zero attached hydrogens (tertiary/aromatic N) is 8. The second-order valence-electron chi connectivity index (χ2n) is 10.9. The molecule has 43 heavy (non-hydrogen) atoms. The predicted molar refractivity (Wildman–Crippen MR) is 146 cm³/mol. The fraction of sp³-hybridized carbons (Fsp3) is 0.536. The van der Waals surface area contributed by atoms with Crippen molar-refractivity contribution in [1.82, 2.24) is 24.8 Å². The number of carbonyl (C=O) groups excluding carboxylic acids is 1. The van der Waals surface area contributed by atoms with Crippen molar-refractivity contribution < 1.29 is 31.5 Å². The van der Waals surface area contributed by atoms with Crippen molar-refractivity contribution in [3.05, 3.63) is 47.7 Å². The van der Waals surface area contributed by atoms with Gasteiger partial charge in [-0.3, -0.25) is 14.7 Å². The summed E-state index contributed by atoms with van der Waals surface area (Å²) in [5.41, 5.74) is -0.715. The summed E-state index contributed by atoms with van der Waals surface area (Å²) in [6.45, 7) is 4.88. The number of carbonyl (C=O) groups is 1. The number of hydrogen-bond acceptors (Lipinski definition) is 9. The summed E-state index contributed by atoms with van der Waals surface area (Å²) in [5.74, 6) is -1.27. The minimum Gasteiger partial charge on any atom is -0.462 e. The molecule has 2 saturated heterocycles. The van der Waals surface area contributed by atoms with Crippen LogP contribution < -0.4 is 14.5 Å². The summed E-state index contributed by atoms with van der Waals surface area (Å²) >= 11 is 0. The number of nitriles is 1. The fourth-order valence-electron chi connectivity index (χ4n) is 5.98. The monoisotopic (exact) mass is 606 g/mol. The molecule has 0 radical (unpaired) electrons. The fourth-order valence-corrected chi connectivity index (χ4v) is 5.98. The van der Waals surface area contributed by atoms with E-state index >= 15 is 0 Å². The molecule has 230 valence electrons. The first-order valence-electron chi connectivity index (χ1n) is 13.9. The molecule has 0 bridgehead atoms. The van der Waals surface area contributed by atoms with Gasteiger partial charge in [0.25, 0.3) is 0 Å². The van der Waals surface area contributed by atoms with Crippen molar-refractivity contribution in [2.45, 2.75) is 50.2 Å². The molecule has 3 aliphatic rings. The second-order valence-corrected chi connectivity index (χ2v) is 10.9. The Hall–Kier alpha value is -4.06. The van der Waals surface area contributed by atoms with Crippen LogP contribution in [0.3, 0.4) is 0 Å². The lowest BCUT2D eigenvalue weighted by Crippen LogP contribution is -2.55. The van der Waals surface area contributed by atoms with Crippen LogP contribution in [0.2, 0.25) is 0 Å². The van der Waals surface area contributed by atoms with Crippen molar-refractivity contribution in [3.8, 4) is 12.1 Å². The quantitative estimate of drug-likeness (QED) is 0.348. The molecule has 3 aliphatic heterocycles. The number of aromatic nitrogens is 3. The Morgan fingerprint density at radius 2 is 1.98 bits per heavy atom. The van der Waals surface area contributed by atoms with Gasteiger partial charge in [-0.1, -0.05) is 6.58 Å². The van der Waals surface area contributed by atoms with Crippen LogP contribution in [0.25, 0.3) is 0 Å². The lowest BCUT2D eigenvalue weighted by atomic mass is 10.0. The topological polar surface area (TPSA) is 102 Å². The summed E-state index contributed by atoms with van der Waals surface area (Å²) in [6.07, 6.45) is -2.60. The zero-order valence-electron chi connectivity index (χ0n) is 23.5. The van der Waals surface area contributed by atoms with Crippen molar-refractivity contribution in [3.63, 3.8) is 0 Å². The summed E-state index contributed by atoms with van der Waals surface area (Å²) in [6, 6.07) is 1.43. The molecule has 0 saturated carbocycles. The Morgan fingerprint density at radius 3 is 2.65 bits per heavy atom. The number of likely N-dealkylation sites (tertiary alicyclic amines) is 1. The Balaban J connectivity index is 1.49. The summed E-state index contributed by atoms with van der Waals surface area (Å²) in [5, 5.41) is 9.41. The van der Waals surface area contributed by atoms with Gasteiger partial charge in [0.2, 0.25) is 5.91 Å². The molecule has 2 aromatic heterocycles. The molecule has 5 heterocycles. The van der Waals surface area contributed by atoms with Gasteiger partial charge in [0, 0.05) is 44.3 Å². The number of ether oxygens (including phenoxy) is 1. The van der Waals surface area contributed by atoms with Crippen LogP contribution in [0.5, 0.6) is 6.01 Å². The highest BCUT2D eigenvalue weighted by Crippen LogP contribution is 2.40. The van der Waals surface area contributed by atoms with Gasteiger partial charge in [0.15, 0.2) is 5.82 Å². The van der Waals surface area contributed by atoms with Crippen LogP contribution in [-0.4, -0.2) is 95.3 Å². The molecule has 0 aliphatic carbocycles. The number of anilines is 2. The minimum atomic E-state index is -4.94. The molecule has 2 fully saturated rings. The number of hydrogen-bond donors (Lipinski definition) is 0. The van der Waals surface area contributed by atoms with E-state index < -0.39 is 35.5 Å². The first-order valence-corrected chi connectivity index (χ1v) is 13.9. The predicted octanol–water partition coefficient (Wildman–Crippen LogP) is 3.13. The Morgan fingerprint density at radius 1 is 1.19 bits per heavy atom. The maximum atomic E-state index is 14.3. The third kappa shape index (κ3) is 6.34. The average molecular weight is 607 g/mol. The van der Waals surface area contributed by atoms with Crippen molar-refractivity contribution in [2.24, 2.45) is 0 Å². The lowest BCUT2D eigenvalue weighted by Gasteiger charge is -2.42. The number of halogens is 5. The van der Waals surface area contributed by atoms with Crippen molar-refractivity contribution in [2.75, 3.05) is 56.2 Å². The van der Waals surface area contributed by atoms with Crippen LogP contribution in [0.15, 0.2) is 25.0 Å². The molecule has 15 heteroatoms. The number of fused-ring (bicyclic) bond motifs is 1. The SMILES string of the molecule is C=CC(=O)N1CCN(c2nc(OC[C@@H]3C[C@@H](F)CN3C)nc3c2CCN(c2cncc(F)c2C(F)(F)F)C3)C[C@@H]1CC#N. The molecule has 10 nitrogen and oxygen atoms in total. The van der Waals surface area contributed by atoms with Gasteiger partial charge in [-0.2, -0.15) is 28.4 Å². The zero-order chi connectivity index (χ0) is 30.9. The van der Waals surface area contributed by atoms with Gasteiger partial charge in [-0.05, 0) is 26.0 Å². The summed E-state index contributed by atoms with van der Waals surface area (Å²) in [7, 11) is 1.79. The minimum absolute atomic E-state index is 0.0267. The molecule has 5 rings (SSSR count). The van der Waals surface area contributed by atoms with Gasteiger partial charge >= 0.3 is 12.2 Å². The first-order chi connectivity index (χ1) is 20.5. The van der Waals surface area contributed by atoms with E-state index in [0.29, 0.717) is 36.4 Å². The van der Waals surface area contributed by atoms with Gasteiger partial charge in [0.1, 0.15) is 24.2 Å². The summed E-state index contributed by atoms with van der Waals surface area (Å²) in [4.78, 5) is 32.0. The molecule has 0 aromatic carbocycles. The van der Waals surface area contributed by atoms with Crippen molar-refractivity contribution >= 4 is 17.4 Å².